The molecule has 392 valence electrons. The fraction of sp³-hybridized carbons (Fsp3) is 0.438. The van der Waals surface area contributed by atoms with Crippen LogP contribution < -0.4 is 19.3 Å². The summed E-state index contributed by atoms with van der Waals surface area (Å²) < 4.78 is 14.7. The topological polar surface area (TPSA) is 143 Å². The molecule has 75 heavy (non-hydrogen) atoms. The molecule has 7 aromatic rings. The van der Waals surface area contributed by atoms with Gasteiger partial charge in [0.2, 0.25) is 0 Å². The van der Waals surface area contributed by atoms with Gasteiger partial charge in [0, 0.05) is 49.6 Å². The highest BCUT2D eigenvalue weighted by molar-refractivity contribution is 6.46. The van der Waals surface area contributed by atoms with Crippen LogP contribution in [0.2, 0.25) is 0 Å². The number of benzene rings is 6. The number of para-hydroxylation sites is 1. The van der Waals surface area contributed by atoms with Gasteiger partial charge in [0.25, 0.3) is 23.6 Å². The van der Waals surface area contributed by atoms with E-state index in [9.17, 15) is 14.7 Å². The number of amides is 4. The Balaban J connectivity index is 1.39. The van der Waals surface area contributed by atoms with Crippen LogP contribution in [0.4, 0.5) is 11.5 Å². The van der Waals surface area contributed by atoms with Gasteiger partial charge in [-0.1, -0.05) is 137 Å². The van der Waals surface area contributed by atoms with Crippen molar-refractivity contribution in [2.75, 3.05) is 9.80 Å². The number of imide groups is 2. The SMILES string of the molecule is CCCCCC(CCCCC)Oc1cc2c3c(ccc4c5c(OC(CCCCC)CCCCC)cc6c7c(ccc(c1c34)c75)C(=O)N(c1c(C(C)C)cccc1C(C)C)C6=O)C(=O)N(c1ncccc1C(=O)O)C2=O. The lowest BCUT2D eigenvalue weighted by Crippen LogP contribution is -2.42. The van der Waals surface area contributed by atoms with Crippen molar-refractivity contribution < 1.29 is 38.6 Å². The molecule has 11 nitrogen and oxygen atoms in total. The number of anilines is 2. The van der Waals surface area contributed by atoms with Gasteiger partial charge >= 0.3 is 5.97 Å². The molecule has 0 saturated carbocycles. The zero-order chi connectivity index (χ0) is 53.2. The fourth-order valence-electron chi connectivity index (χ4n) is 11.9. The van der Waals surface area contributed by atoms with E-state index in [4.69, 9.17) is 9.47 Å². The standard InChI is InChI=1S/C64H73N3O8/c1-9-13-17-23-39(24-18-14-10-2)74-50-35-48-52-45(60(68)66(62(48)70)58-41(37(5)6)27-21-28-42(58)38(7)8)32-30-43-55-51(75-40(25-19-15-11-3)26-20-16-12-4)36-49-53-46(33-31-44(57(53)55)54(50)56(43)52)61(69)67(63(49)71)59-47(64(72)73)29-22-34-65-59/h21-22,27-40H,9-20,23-26H2,1-8H3,(H,72,73). The molecule has 0 radical (unpaired) electrons. The molecule has 1 N–H and O–H groups in total. The highest BCUT2D eigenvalue weighted by Gasteiger charge is 2.42. The van der Waals surface area contributed by atoms with Gasteiger partial charge in [0.1, 0.15) is 17.1 Å². The number of carboxylic acid groups (broad SMARTS) is 1. The summed E-state index contributed by atoms with van der Waals surface area (Å²) in [5, 5.41) is 15.3. The number of carboxylic acids is 1. The minimum atomic E-state index is -1.32. The average molecular weight is 1010 g/mol. The summed E-state index contributed by atoms with van der Waals surface area (Å²) in [6.07, 6.45) is 16.3. The van der Waals surface area contributed by atoms with Gasteiger partial charge in [-0.15, -0.1) is 0 Å². The molecule has 1 aromatic heterocycles. The van der Waals surface area contributed by atoms with Crippen LogP contribution in [0.15, 0.2) is 72.9 Å². The maximum atomic E-state index is 15.8. The summed E-state index contributed by atoms with van der Waals surface area (Å²) in [7, 11) is 0. The van der Waals surface area contributed by atoms with Gasteiger partial charge in [-0.05, 0) is 121 Å². The molecule has 0 saturated heterocycles. The second-order valence-corrected chi connectivity index (χ2v) is 21.5. The van der Waals surface area contributed by atoms with Crippen LogP contribution in [0.1, 0.15) is 233 Å². The van der Waals surface area contributed by atoms with Crippen molar-refractivity contribution in [2.45, 2.75) is 182 Å². The lowest BCUT2D eigenvalue weighted by Gasteiger charge is -2.34. The first-order chi connectivity index (χ1) is 36.3. The first kappa shape index (κ1) is 53.0. The number of aromatic nitrogens is 1. The Labute approximate surface area is 441 Å². The third-order valence-electron chi connectivity index (χ3n) is 15.7. The van der Waals surface area contributed by atoms with E-state index in [1.54, 1.807) is 12.1 Å². The molecule has 0 atom stereocenters. The number of hydrogen-bond acceptors (Lipinski definition) is 8. The van der Waals surface area contributed by atoms with Crippen molar-refractivity contribution in [3.63, 3.8) is 0 Å². The molecule has 0 bridgehead atoms. The van der Waals surface area contributed by atoms with Gasteiger partial charge in [-0.25, -0.2) is 19.6 Å². The Morgan fingerprint density at radius 3 is 1.33 bits per heavy atom. The molecule has 2 aliphatic rings. The number of ether oxygens (including phenoxy) is 2. The van der Waals surface area contributed by atoms with Gasteiger partial charge in [-0.2, -0.15) is 0 Å². The van der Waals surface area contributed by atoms with Crippen LogP contribution in [0.3, 0.4) is 0 Å². The molecule has 0 aliphatic carbocycles. The van der Waals surface area contributed by atoms with Crippen LogP contribution in [0, 0.1) is 0 Å². The molecule has 4 amide bonds. The first-order valence-electron chi connectivity index (χ1n) is 28.0. The third-order valence-corrected chi connectivity index (χ3v) is 15.7. The quantitative estimate of drug-likeness (QED) is 0.0256. The number of aromatic carboxylic acids is 1. The summed E-state index contributed by atoms with van der Waals surface area (Å²) in [5.41, 5.74) is 3.32. The molecular formula is C64H73N3O8. The van der Waals surface area contributed by atoms with Gasteiger partial charge in [0.15, 0.2) is 5.82 Å². The van der Waals surface area contributed by atoms with Gasteiger partial charge < -0.3 is 14.6 Å². The van der Waals surface area contributed by atoms with Gasteiger partial charge in [0.05, 0.1) is 29.0 Å². The van der Waals surface area contributed by atoms with E-state index in [2.05, 4.69) is 60.4 Å². The van der Waals surface area contributed by atoms with E-state index < -0.39 is 29.6 Å². The molecular weight excluding hydrogens is 939 g/mol. The predicted molar refractivity (Wildman–Crippen MR) is 301 cm³/mol. The van der Waals surface area contributed by atoms with Crippen molar-refractivity contribution in [3.8, 4) is 11.5 Å². The van der Waals surface area contributed by atoms with E-state index in [0.717, 1.165) is 119 Å². The maximum Gasteiger partial charge on any atom is 0.339 e. The van der Waals surface area contributed by atoms with Crippen LogP contribution in [-0.2, 0) is 0 Å². The van der Waals surface area contributed by atoms with Crippen molar-refractivity contribution in [1.29, 1.82) is 0 Å². The van der Waals surface area contributed by atoms with Crippen LogP contribution >= 0.6 is 0 Å². The molecule has 11 heteroatoms. The molecule has 0 unspecified atom stereocenters. The van der Waals surface area contributed by atoms with Crippen molar-refractivity contribution in [3.05, 3.63) is 112 Å². The normalized spacial score (nSPS) is 13.8. The lowest BCUT2D eigenvalue weighted by molar-refractivity contribution is 0.0696. The number of unbranched alkanes of at least 4 members (excludes halogenated alkanes) is 8. The first-order valence-corrected chi connectivity index (χ1v) is 28.0. The molecule has 6 aromatic carbocycles. The largest absolute Gasteiger partial charge is 0.490 e. The number of carbonyl (C=O) groups excluding carboxylic acids is 4. The Morgan fingerprint density at radius 2 is 0.920 bits per heavy atom. The summed E-state index contributed by atoms with van der Waals surface area (Å²) in [4.78, 5) is 80.8. The van der Waals surface area contributed by atoms with E-state index in [0.29, 0.717) is 71.4 Å². The van der Waals surface area contributed by atoms with Gasteiger partial charge in [-0.3, -0.25) is 19.2 Å². The lowest BCUT2D eigenvalue weighted by atomic mass is 9.81. The molecule has 2 aliphatic heterocycles. The Bertz CT molecular complexity index is 3290. The molecule has 0 fully saturated rings. The number of carbonyl (C=O) groups is 5. The van der Waals surface area contributed by atoms with Crippen LogP contribution in [0.25, 0.3) is 43.1 Å². The predicted octanol–water partition coefficient (Wildman–Crippen LogP) is 16.5. The highest BCUT2D eigenvalue weighted by atomic mass is 16.5. The number of fused-ring (bicyclic) bond motifs is 2. The molecule has 3 heterocycles. The van der Waals surface area contributed by atoms with Crippen molar-refractivity contribution in [1.82, 2.24) is 4.98 Å². The Kier molecular flexibility index (Phi) is 15.9. The highest BCUT2D eigenvalue weighted by Crippen LogP contribution is 2.53. The monoisotopic (exact) mass is 1010 g/mol. The summed E-state index contributed by atoms with van der Waals surface area (Å²) in [6.45, 7) is 17.1. The minimum Gasteiger partial charge on any atom is -0.490 e. The molecule has 9 rings (SSSR count). The number of nitrogens with zero attached hydrogens (tertiary/aromatic N) is 3. The van der Waals surface area contributed by atoms with E-state index in [1.807, 2.05) is 42.5 Å². The van der Waals surface area contributed by atoms with E-state index in [1.165, 1.54) is 23.2 Å². The Hall–Kier alpha value is -6.88. The fourth-order valence-corrected chi connectivity index (χ4v) is 11.9. The zero-order valence-electron chi connectivity index (χ0n) is 45.2. The van der Waals surface area contributed by atoms with E-state index >= 15 is 14.4 Å². The third kappa shape index (κ3) is 9.61. The second-order valence-electron chi connectivity index (χ2n) is 21.5. The number of rotatable bonds is 25. The van der Waals surface area contributed by atoms with Crippen molar-refractivity contribution >= 4 is 84.2 Å². The van der Waals surface area contributed by atoms with Crippen molar-refractivity contribution in [2.24, 2.45) is 0 Å². The van der Waals surface area contributed by atoms with Crippen LogP contribution in [-0.4, -0.2) is 51.9 Å². The number of hydrogen-bond donors (Lipinski definition) is 1. The number of pyridine rings is 1. The van der Waals surface area contributed by atoms with Crippen LogP contribution in [0.5, 0.6) is 11.5 Å². The summed E-state index contributed by atoms with van der Waals surface area (Å²) in [5.74, 6) is -2.87. The average Bonchev–Trinajstić information content (AvgIpc) is 3.43. The smallest absolute Gasteiger partial charge is 0.339 e. The second kappa shape index (κ2) is 22.5. The summed E-state index contributed by atoms with van der Waals surface area (Å²) >= 11 is 0. The van der Waals surface area contributed by atoms with E-state index in [-0.39, 0.29) is 46.6 Å². The zero-order valence-corrected chi connectivity index (χ0v) is 45.2. The Morgan fingerprint density at radius 1 is 0.507 bits per heavy atom. The minimum absolute atomic E-state index is 0.0146. The molecule has 0 spiro atoms. The summed E-state index contributed by atoms with van der Waals surface area (Å²) in [6, 6.07) is 19.8. The maximum absolute atomic E-state index is 15.8.